The molecule has 0 saturated carbocycles. The zero-order chi connectivity index (χ0) is 35.5. The number of nitrogens with zero attached hydrogens (tertiary/aromatic N) is 5. The van der Waals surface area contributed by atoms with Crippen molar-refractivity contribution >= 4 is 56.0 Å². The zero-order valence-electron chi connectivity index (χ0n) is 25.9. The average molecular weight is 727 g/mol. The summed E-state index contributed by atoms with van der Waals surface area (Å²) >= 11 is 0. The van der Waals surface area contributed by atoms with Crippen LogP contribution in [0.4, 0.5) is 21.0 Å². The van der Waals surface area contributed by atoms with E-state index in [-0.39, 0.29) is 19.0 Å². The van der Waals surface area contributed by atoms with Gasteiger partial charge in [-0.1, -0.05) is 36.4 Å². The van der Waals surface area contributed by atoms with Crippen molar-refractivity contribution in [2.45, 2.75) is 49.9 Å². The molecule has 4 fully saturated rings. The number of amides is 6. The summed E-state index contributed by atoms with van der Waals surface area (Å²) < 4.78 is 69.6. The highest BCUT2D eigenvalue weighted by molar-refractivity contribution is 7.81. The molecular formula is C27H34N8O12S2. The number of benzene rings is 2. The van der Waals surface area contributed by atoms with Crippen LogP contribution in [0.25, 0.3) is 0 Å². The average Bonchev–Trinajstić information content (AvgIpc) is 3.43. The highest BCUT2D eigenvalue weighted by Gasteiger charge is 2.50. The van der Waals surface area contributed by atoms with Crippen molar-refractivity contribution in [3.63, 3.8) is 0 Å². The standard InChI is InChI=1S/C14H18N4O6S.C13H16N4O6S/c1-16(10-5-3-2-4-6-10)15-13(19)12-8-7-11-9-17(12)14(20)18(11)24-25(21,22)23;18-12(15-14-9-4-2-1-3-5-9)11-7-6-10-8-16(11)13(19)17(10)23-24(20,21)22/h2-6,11-12H,7-9H2,1H3,(H,15,19)(H,21,22,23);1-5,10-11,14H,6-8H2,(H,15,18)(H,20,21,22)/t11-,12+;10-,11+/m11/s1. The number of nitrogens with one attached hydrogen (secondary N) is 3. The second-order valence-electron chi connectivity index (χ2n) is 11.4. The Balaban J connectivity index is 0.000000191. The monoisotopic (exact) mass is 726 g/mol. The van der Waals surface area contributed by atoms with Gasteiger partial charge in [-0.05, 0) is 49.9 Å². The van der Waals surface area contributed by atoms with Crippen molar-refractivity contribution in [3.8, 4) is 0 Å². The van der Waals surface area contributed by atoms with Crippen LogP contribution in [0.2, 0.25) is 0 Å². The molecule has 0 radical (unpaired) electrons. The Morgan fingerprint density at radius 1 is 0.735 bits per heavy atom. The number of para-hydroxylation sites is 2. The quantitative estimate of drug-likeness (QED) is 0.163. The van der Waals surface area contributed by atoms with E-state index in [0.717, 1.165) is 5.69 Å². The van der Waals surface area contributed by atoms with Crippen molar-refractivity contribution in [1.29, 1.82) is 0 Å². The predicted molar refractivity (Wildman–Crippen MR) is 168 cm³/mol. The van der Waals surface area contributed by atoms with Crippen molar-refractivity contribution < 1.29 is 53.7 Å². The van der Waals surface area contributed by atoms with Crippen molar-refractivity contribution in [1.82, 2.24) is 30.8 Å². The first kappa shape index (κ1) is 35.6. The summed E-state index contributed by atoms with van der Waals surface area (Å²) in [5.41, 5.74) is 9.43. The molecule has 2 aromatic rings. The molecule has 6 amide bonds. The molecule has 4 saturated heterocycles. The first-order valence-electron chi connectivity index (χ1n) is 14.8. The first-order chi connectivity index (χ1) is 23.1. The number of urea groups is 2. The summed E-state index contributed by atoms with van der Waals surface area (Å²) in [6.07, 6.45) is 1.46. The molecule has 22 heteroatoms. The number of hydrogen-bond donors (Lipinski definition) is 5. The Hall–Kier alpha value is -4.74. The van der Waals surface area contributed by atoms with Crippen LogP contribution in [-0.2, 0) is 39.0 Å². The molecule has 266 valence electrons. The molecule has 4 atom stereocenters. The van der Waals surface area contributed by atoms with Crippen molar-refractivity contribution in [2.75, 3.05) is 30.6 Å². The van der Waals surface area contributed by atoms with E-state index in [2.05, 4.69) is 24.8 Å². The molecular weight excluding hydrogens is 692 g/mol. The summed E-state index contributed by atoms with van der Waals surface area (Å²) in [6.45, 7) is 0.305. The minimum absolute atomic E-state index is 0.151. The minimum Gasteiger partial charge on any atom is -0.309 e. The molecule has 0 unspecified atom stereocenters. The molecule has 20 nitrogen and oxygen atoms in total. The third-order valence-electron chi connectivity index (χ3n) is 8.13. The number of carbonyl (C=O) groups excluding carboxylic acids is 4. The van der Waals surface area contributed by atoms with Gasteiger partial charge in [-0.2, -0.15) is 27.0 Å². The lowest BCUT2D eigenvalue weighted by Crippen LogP contribution is -2.53. The Morgan fingerprint density at radius 3 is 1.65 bits per heavy atom. The van der Waals surface area contributed by atoms with Crippen LogP contribution >= 0.6 is 0 Å². The maximum absolute atomic E-state index is 12.5. The lowest BCUT2D eigenvalue weighted by molar-refractivity contribution is -0.126. The predicted octanol–water partition coefficient (Wildman–Crippen LogP) is 0.290. The summed E-state index contributed by atoms with van der Waals surface area (Å²) in [5, 5.41) is 2.76. The summed E-state index contributed by atoms with van der Waals surface area (Å²) in [5.74, 6) is -0.800. The summed E-state index contributed by atoms with van der Waals surface area (Å²) in [6, 6.07) is 14.0. The highest BCUT2D eigenvalue weighted by Crippen LogP contribution is 2.32. The van der Waals surface area contributed by atoms with Crippen molar-refractivity contribution in [3.05, 3.63) is 60.7 Å². The number of piperidine rings is 2. The van der Waals surface area contributed by atoms with Gasteiger partial charge in [-0.25, -0.2) is 9.59 Å². The second kappa shape index (κ2) is 14.4. The fraction of sp³-hybridized carbons (Fsp3) is 0.407. The van der Waals surface area contributed by atoms with E-state index >= 15 is 0 Å². The summed E-state index contributed by atoms with van der Waals surface area (Å²) in [7, 11) is -7.92. The Morgan fingerprint density at radius 2 is 1.18 bits per heavy atom. The Labute approximate surface area is 281 Å². The molecule has 4 aliphatic rings. The van der Waals surface area contributed by atoms with E-state index in [4.69, 9.17) is 9.11 Å². The van der Waals surface area contributed by atoms with Gasteiger partial charge in [0.15, 0.2) is 0 Å². The van der Waals surface area contributed by atoms with E-state index in [1.807, 2.05) is 36.4 Å². The Bertz CT molecular complexity index is 1770. The number of anilines is 2. The normalized spacial score (nSPS) is 23.1. The maximum Gasteiger partial charge on any atom is 0.418 e. The van der Waals surface area contributed by atoms with E-state index in [9.17, 15) is 36.0 Å². The van der Waals surface area contributed by atoms with Crippen LogP contribution in [0.15, 0.2) is 60.7 Å². The van der Waals surface area contributed by atoms with Crippen LogP contribution in [0.5, 0.6) is 0 Å². The third kappa shape index (κ3) is 8.65. The van der Waals surface area contributed by atoms with E-state index in [1.54, 1.807) is 36.3 Å². The number of hydrogen-bond acceptors (Lipinski definition) is 12. The molecule has 4 heterocycles. The first-order valence-corrected chi connectivity index (χ1v) is 17.6. The fourth-order valence-corrected chi connectivity index (χ4v) is 6.68. The molecule has 6 rings (SSSR count). The topological polar surface area (TPSA) is 248 Å². The largest absolute Gasteiger partial charge is 0.418 e. The maximum atomic E-state index is 12.5. The smallest absolute Gasteiger partial charge is 0.309 e. The second-order valence-corrected chi connectivity index (χ2v) is 13.4. The SMILES string of the molecule is CN(NC(=O)[C@@H]1CC[C@@H]2CN1C(=O)N2OS(=O)(=O)O)c1ccccc1.O=C(NNc1ccccc1)[C@@H]1CC[C@@H]2CN1C(=O)N2OS(=O)(=O)O. The van der Waals surface area contributed by atoms with Gasteiger partial charge < -0.3 is 9.80 Å². The van der Waals surface area contributed by atoms with Crippen molar-refractivity contribution in [2.24, 2.45) is 0 Å². The lowest BCUT2D eigenvalue weighted by atomic mass is 10.0. The molecule has 0 spiro atoms. The molecule has 2 aromatic carbocycles. The van der Waals surface area contributed by atoms with E-state index < -0.39 is 62.9 Å². The van der Waals surface area contributed by atoms with Gasteiger partial charge in [0, 0.05) is 20.1 Å². The minimum atomic E-state index is -4.80. The molecule has 0 aliphatic carbocycles. The lowest BCUT2D eigenvalue weighted by Gasteiger charge is -2.31. The fourth-order valence-electron chi connectivity index (χ4n) is 5.90. The van der Waals surface area contributed by atoms with Crippen LogP contribution in [0, 0.1) is 0 Å². The molecule has 0 aromatic heterocycles. The molecule has 49 heavy (non-hydrogen) atoms. The van der Waals surface area contributed by atoms with Gasteiger partial charge in [0.1, 0.15) is 12.1 Å². The van der Waals surface area contributed by atoms with Crippen LogP contribution < -0.4 is 21.3 Å². The van der Waals surface area contributed by atoms with Gasteiger partial charge >= 0.3 is 32.9 Å². The number of hydroxylamine groups is 4. The number of rotatable bonds is 10. The molecule has 4 bridgehead atoms. The third-order valence-corrected chi connectivity index (χ3v) is 8.82. The number of fused-ring (bicyclic) bond motifs is 4. The van der Waals surface area contributed by atoms with Crippen LogP contribution in [0.1, 0.15) is 25.7 Å². The van der Waals surface area contributed by atoms with Gasteiger partial charge in [0.2, 0.25) is 0 Å². The zero-order valence-corrected chi connectivity index (χ0v) is 27.5. The van der Waals surface area contributed by atoms with Crippen LogP contribution in [-0.4, -0.2) is 114 Å². The number of carbonyl (C=O) groups is 4. The Kier molecular flexibility index (Phi) is 10.4. The van der Waals surface area contributed by atoms with Crippen LogP contribution in [0.3, 0.4) is 0 Å². The summed E-state index contributed by atoms with van der Waals surface area (Å²) in [4.78, 5) is 51.8. The van der Waals surface area contributed by atoms with Gasteiger partial charge in [-0.15, -0.1) is 8.57 Å². The molecule has 4 aliphatic heterocycles. The van der Waals surface area contributed by atoms with Gasteiger partial charge in [0.25, 0.3) is 11.8 Å². The highest BCUT2D eigenvalue weighted by atomic mass is 32.3. The van der Waals surface area contributed by atoms with E-state index in [1.165, 1.54) is 9.80 Å². The van der Waals surface area contributed by atoms with E-state index in [0.29, 0.717) is 41.5 Å². The molecule has 5 N–H and O–H groups in total. The number of hydrazine groups is 2. The van der Waals surface area contributed by atoms with Gasteiger partial charge in [0.05, 0.1) is 23.5 Å². The van der Waals surface area contributed by atoms with Gasteiger partial charge in [-0.3, -0.25) is 40.0 Å².